The summed E-state index contributed by atoms with van der Waals surface area (Å²) in [6.07, 6.45) is 0.686. The Morgan fingerprint density at radius 2 is 1.88 bits per heavy atom. The number of pyridine rings is 1. The molecule has 0 bridgehead atoms. The highest BCUT2D eigenvalue weighted by atomic mass is 16.6. The predicted octanol–water partition coefficient (Wildman–Crippen LogP) is 2.83. The van der Waals surface area contributed by atoms with Crippen molar-refractivity contribution in [1.29, 1.82) is 0 Å². The fourth-order valence-corrected chi connectivity index (χ4v) is 1.92. The van der Waals surface area contributed by atoms with Gasteiger partial charge < -0.3 is 9.47 Å². The van der Waals surface area contributed by atoms with Crippen LogP contribution in [0.25, 0.3) is 6.08 Å². The average Bonchev–Trinajstić information content (AvgIpc) is 2.59. The number of esters is 1. The van der Waals surface area contributed by atoms with E-state index in [0.29, 0.717) is 5.69 Å². The van der Waals surface area contributed by atoms with Crippen molar-refractivity contribution in [3.05, 3.63) is 71.2 Å². The van der Waals surface area contributed by atoms with Gasteiger partial charge >= 0.3 is 12.1 Å². The van der Waals surface area contributed by atoms with Crippen molar-refractivity contribution in [2.75, 3.05) is 7.11 Å². The van der Waals surface area contributed by atoms with E-state index in [4.69, 9.17) is 4.74 Å². The number of carbonyl (C=O) groups is 2. The molecule has 0 radical (unpaired) electrons. The molecule has 6 nitrogen and oxygen atoms in total. The summed E-state index contributed by atoms with van der Waals surface area (Å²) in [5.74, 6) is -0.685. The molecular weight excluding hydrogens is 308 g/mol. The van der Waals surface area contributed by atoms with Crippen LogP contribution in [-0.4, -0.2) is 24.2 Å². The zero-order valence-electron chi connectivity index (χ0n) is 13.5. The molecule has 0 unspecified atom stereocenters. The van der Waals surface area contributed by atoms with Crippen LogP contribution < -0.4 is 5.32 Å². The van der Waals surface area contributed by atoms with Gasteiger partial charge in [0.15, 0.2) is 0 Å². The summed E-state index contributed by atoms with van der Waals surface area (Å²) in [7, 11) is 1.23. The maximum absolute atomic E-state index is 11.9. The van der Waals surface area contributed by atoms with E-state index in [-0.39, 0.29) is 12.3 Å². The summed E-state index contributed by atoms with van der Waals surface area (Å²) in [6, 6.07) is 14.6. The molecule has 2 aromatic rings. The fraction of sp³-hybridized carbons (Fsp3) is 0.167. The number of aryl methyl sites for hydroxylation is 1. The lowest BCUT2D eigenvalue weighted by Crippen LogP contribution is -2.28. The van der Waals surface area contributed by atoms with Gasteiger partial charge in [-0.3, -0.25) is 10.3 Å². The Labute approximate surface area is 140 Å². The second-order valence-electron chi connectivity index (χ2n) is 4.94. The summed E-state index contributed by atoms with van der Waals surface area (Å²) in [4.78, 5) is 28.0. The molecule has 0 aliphatic carbocycles. The molecule has 0 saturated carbocycles. The Hall–Kier alpha value is -3.15. The molecule has 1 heterocycles. The van der Waals surface area contributed by atoms with Crippen LogP contribution in [0.5, 0.6) is 0 Å². The van der Waals surface area contributed by atoms with Crippen molar-refractivity contribution in [2.24, 2.45) is 0 Å². The van der Waals surface area contributed by atoms with E-state index in [9.17, 15) is 9.59 Å². The number of rotatable bonds is 5. The van der Waals surface area contributed by atoms with E-state index in [1.54, 1.807) is 12.1 Å². The summed E-state index contributed by atoms with van der Waals surface area (Å²) < 4.78 is 9.77. The van der Waals surface area contributed by atoms with E-state index < -0.39 is 12.1 Å². The molecule has 6 heteroatoms. The first-order chi connectivity index (χ1) is 11.6. The Balaban J connectivity index is 2.05. The molecular formula is C18H18N2O4. The van der Waals surface area contributed by atoms with E-state index in [1.165, 1.54) is 13.2 Å². The van der Waals surface area contributed by atoms with E-state index in [1.807, 2.05) is 43.3 Å². The van der Waals surface area contributed by atoms with Crippen LogP contribution in [0, 0.1) is 6.92 Å². The molecule has 0 aliphatic heterocycles. The van der Waals surface area contributed by atoms with E-state index in [0.717, 1.165) is 11.3 Å². The molecule has 0 atom stereocenters. The number of ether oxygens (including phenoxy) is 2. The van der Waals surface area contributed by atoms with Crippen LogP contribution in [0.2, 0.25) is 0 Å². The molecule has 0 spiro atoms. The molecule has 1 aromatic heterocycles. The van der Waals surface area contributed by atoms with Crippen LogP contribution in [-0.2, 0) is 20.9 Å². The molecule has 1 amide bonds. The number of aromatic nitrogens is 1. The van der Waals surface area contributed by atoms with Gasteiger partial charge in [0.25, 0.3) is 0 Å². The van der Waals surface area contributed by atoms with Crippen molar-refractivity contribution in [3.63, 3.8) is 0 Å². The molecule has 0 aliphatic rings. The third-order valence-electron chi connectivity index (χ3n) is 3.06. The summed E-state index contributed by atoms with van der Waals surface area (Å²) in [5.41, 5.74) is 2.11. The van der Waals surface area contributed by atoms with Gasteiger partial charge in [-0.15, -0.1) is 0 Å². The second kappa shape index (κ2) is 8.47. The maximum atomic E-state index is 11.9. The smallest absolute Gasteiger partial charge is 0.412 e. The lowest BCUT2D eigenvalue weighted by atomic mass is 10.2. The SMILES string of the molecule is COC(=O)/C(=C/c1cccc(C)n1)NC(=O)OCc1ccccc1. The van der Waals surface area contributed by atoms with Crippen molar-refractivity contribution in [2.45, 2.75) is 13.5 Å². The van der Waals surface area contributed by atoms with Gasteiger partial charge in [-0.25, -0.2) is 9.59 Å². The Morgan fingerprint density at radius 1 is 1.12 bits per heavy atom. The first-order valence-electron chi connectivity index (χ1n) is 7.30. The summed E-state index contributed by atoms with van der Waals surface area (Å²) in [6.45, 7) is 1.93. The fourth-order valence-electron chi connectivity index (χ4n) is 1.92. The van der Waals surface area contributed by atoms with Crippen molar-refractivity contribution >= 4 is 18.1 Å². The average molecular weight is 326 g/mol. The summed E-state index contributed by atoms with van der Waals surface area (Å²) in [5, 5.41) is 2.39. The molecule has 1 aromatic carbocycles. The number of amides is 1. The number of hydrogen-bond acceptors (Lipinski definition) is 5. The highest BCUT2D eigenvalue weighted by Crippen LogP contribution is 2.06. The molecule has 1 N–H and O–H groups in total. The minimum absolute atomic E-state index is 0.0475. The van der Waals surface area contributed by atoms with Crippen LogP contribution in [0.3, 0.4) is 0 Å². The van der Waals surface area contributed by atoms with E-state index in [2.05, 4.69) is 15.0 Å². The number of benzene rings is 1. The highest BCUT2D eigenvalue weighted by Gasteiger charge is 2.15. The van der Waals surface area contributed by atoms with Crippen molar-refractivity contribution in [3.8, 4) is 0 Å². The minimum Gasteiger partial charge on any atom is -0.464 e. The quantitative estimate of drug-likeness (QED) is 0.675. The molecule has 0 fully saturated rings. The third-order valence-corrected chi connectivity index (χ3v) is 3.06. The highest BCUT2D eigenvalue weighted by molar-refractivity contribution is 5.96. The minimum atomic E-state index is -0.747. The first kappa shape index (κ1) is 17.2. The maximum Gasteiger partial charge on any atom is 0.412 e. The van der Waals surface area contributed by atoms with Crippen LogP contribution in [0.15, 0.2) is 54.2 Å². The topological polar surface area (TPSA) is 77.5 Å². The molecule has 124 valence electrons. The van der Waals surface area contributed by atoms with Gasteiger partial charge in [0, 0.05) is 5.69 Å². The van der Waals surface area contributed by atoms with Gasteiger partial charge in [-0.05, 0) is 30.7 Å². The van der Waals surface area contributed by atoms with Gasteiger partial charge in [0.1, 0.15) is 12.3 Å². The molecule has 0 saturated heterocycles. The zero-order chi connectivity index (χ0) is 17.4. The lowest BCUT2D eigenvalue weighted by molar-refractivity contribution is -0.136. The van der Waals surface area contributed by atoms with Crippen molar-refractivity contribution in [1.82, 2.24) is 10.3 Å². The first-order valence-corrected chi connectivity index (χ1v) is 7.30. The Morgan fingerprint density at radius 3 is 2.54 bits per heavy atom. The van der Waals surface area contributed by atoms with Gasteiger partial charge in [-0.2, -0.15) is 0 Å². The molecule has 24 heavy (non-hydrogen) atoms. The lowest BCUT2D eigenvalue weighted by Gasteiger charge is -2.09. The summed E-state index contributed by atoms with van der Waals surface area (Å²) >= 11 is 0. The normalized spacial score (nSPS) is 10.8. The second-order valence-corrected chi connectivity index (χ2v) is 4.94. The largest absolute Gasteiger partial charge is 0.464 e. The van der Waals surface area contributed by atoms with Crippen LogP contribution in [0.1, 0.15) is 17.0 Å². The van der Waals surface area contributed by atoms with Crippen molar-refractivity contribution < 1.29 is 19.1 Å². The predicted molar refractivity (Wildman–Crippen MR) is 88.7 cm³/mol. The standard InChI is InChI=1S/C18H18N2O4/c1-13-7-6-10-15(19-13)11-16(17(21)23-2)20-18(22)24-12-14-8-4-3-5-9-14/h3-11H,12H2,1-2H3,(H,20,22)/b16-11-. The Kier molecular flexibility index (Phi) is 6.08. The number of nitrogens with zero attached hydrogens (tertiary/aromatic N) is 1. The number of alkyl carbamates (subject to hydrolysis) is 1. The van der Waals surface area contributed by atoms with Crippen LogP contribution >= 0.6 is 0 Å². The monoisotopic (exact) mass is 326 g/mol. The number of hydrogen-bond donors (Lipinski definition) is 1. The van der Waals surface area contributed by atoms with Crippen LogP contribution in [0.4, 0.5) is 4.79 Å². The zero-order valence-corrected chi connectivity index (χ0v) is 13.5. The Bertz CT molecular complexity index is 742. The number of nitrogens with one attached hydrogen (secondary N) is 1. The van der Waals surface area contributed by atoms with E-state index >= 15 is 0 Å². The van der Waals surface area contributed by atoms with Gasteiger partial charge in [-0.1, -0.05) is 36.4 Å². The third kappa shape index (κ3) is 5.24. The van der Waals surface area contributed by atoms with Gasteiger partial charge in [0.05, 0.1) is 12.8 Å². The number of carbonyl (C=O) groups excluding carboxylic acids is 2. The molecule has 2 rings (SSSR count). The number of methoxy groups -OCH3 is 1. The van der Waals surface area contributed by atoms with Gasteiger partial charge in [0.2, 0.25) is 0 Å².